The molecule has 5 atom stereocenters. The summed E-state index contributed by atoms with van der Waals surface area (Å²) in [5.41, 5.74) is 6.12. The van der Waals surface area contributed by atoms with E-state index in [9.17, 15) is 39.3 Å². The average molecular weight is 481 g/mol. The van der Waals surface area contributed by atoms with Gasteiger partial charge in [-0.05, 0) is 30.5 Å². The van der Waals surface area contributed by atoms with Gasteiger partial charge >= 0.3 is 11.9 Å². The number of amides is 3. The normalized spacial score (nSPS) is 15.2. The van der Waals surface area contributed by atoms with Crippen molar-refractivity contribution in [1.29, 1.82) is 0 Å². The van der Waals surface area contributed by atoms with Crippen LogP contribution in [0.25, 0.3) is 0 Å². The van der Waals surface area contributed by atoms with Crippen LogP contribution in [0.3, 0.4) is 0 Å². The van der Waals surface area contributed by atoms with Crippen molar-refractivity contribution in [2.75, 3.05) is 0 Å². The Hall–Kier alpha value is -3.67. The monoisotopic (exact) mass is 480 g/mol. The lowest BCUT2D eigenvalue weighted by atomic mass is 9.98. The van der Waals surface area contributed by atoms with Gasteiger partial charge in [-0.3, -0.25) is 19.2 Å². The van der Waals surface area contributed by atoms with E-state index in [1.165, 1.54) is 31.2 Å². The predicted octanol–water partition coefficient (Wildman–Crippen LogP) is -0.658. The van der Waals surface area contributed by atoms with E-state index in [0.29, 0.717) is 12.0 Å². The van der Waals surface area contributed by atoms with Crippen molar-refractivity contribution in [1.82, 2.24) is 16.0 Å². The molecule has 0 saturated heterocycles. The Morgan fingerprint density at radius 3 is 1.88 bits per heavy atom. The molecule has 0 heterocycles. The molecule has 0 bridgehead atoms. The van der Waals surface area contributed by atoms with Crippen LogP contribution in [0.15, 0.2) is 24.3 Å². The molecule has 8 N–H and O–H groups in total. The number of phenolic OH excluding ortho intramolecular Hbond substituents is 1. The number of aromatic hydroxyl groups is 1. The molecule has 0 saturated carbocycles. The van der Waals surface area contributed by atoms with Gasteiger partial charge in [0, 0.05) is 6.42 Å². The number of benzene rings is 1. The van der Waals surface area contributed by atoms with E-state index in [2.05, 4.69) is 16.0 Å². The Kier molecular flexibility index (Phi) is 11.0. The molecule has 12 nitrogen and oxygen atoms in total. The van der Waals surface area contributed by atoms with Crippen LogP contribution >= 0.6 is 0 Å². The zero-order chi connectivity index (χ0) is 26.0. The first-order valence-electron chi connectivity index (χ1n) is 10.7. The minimum atomic E-state index is -1.59. The number of phenols is 1. The van der Waals surface area contributed by atoms with Gasteiger partial charge in [-0.25, -0.2) is 4.79 Å². The number of carbonyl (C=O) groups excluding carboxylic acids is 3. The van der Waals surface area contributed by atoms with Crippen molar-refractivity contribution in [3.05, 3.63) is 29.8 Å². The summed E-state index contributed by atoms with van der Waals surface area (Å²) in [7, 11) is 0. The summed E-state index contributed by atoms with van der Waals surface area (Å²) < 4.78 is 0. The summed E-state index contributed by atoms with van der Waals surface area (Å²) in [6.07, 6.45) is -0.417. The van der Waals surface area contributed by atoms with Gasteiger partial charge in [0.2, 0.25) is 17.7 Å². The topological polar surface area (TPSA) is 208 Å². The lowest BCUT2D eigenvalue weighted by Crippen LogP contribution is -2.58. The third kappa shape index (κ3) is 9.06. The van der Waals surface area contributed by atoms with Crippen molar-refractivity contribution in [3.8, 4) is 5.75 Å². The van der Waals surface area contributed by atoms with Crippen LogP contribution in [0.2, 0.25) is 0 Å². The number of hydrogen-bond acceptors (Lipinski definition) is 7. The largest absolute Gasteiger partial charge is 0.508 e. The summed E-state index contributed by atoms with van der Waals surface area (Å²) in [4.78, 5) is 60.7. The maximum absolute atomic E-state index is 13.0. The van der Waals surface area contributed by atoms with Gasteiger partial charge < -0.3 is 37.0 Å². The Morgan fingerprint density at radius 1 is 0.882 bits per heavy atom. The maximum Gasteiger partial charge on any atom is 0.326 e. The smallest absolute Gasteiger partial charge is 0.326 e. The number of nitrogens with one attached hydrogen (secondary N) is 3. The van der Waals surface area contributed by atoms with Crippen LogP contribution in [-0.2, 0) is 30.4 Å². The number of aliphatic carboxylic acids is 2. The lowest BCUT2D eigenvalue weighted by molar-refractivity contribution is -0.144. The fraction of sp³-hybridized carbons (Fsp3) is 0.500. The SMILES string of the molecule is CCC(C)C(NC(=O)C(CC(=O)O)NC(=O)C(Cc1ccc(O)cc1)NC(=O)C(C)N)C(=O)O. The number of rotatable bonds is 13. The van der Waals surface area contributed by atoms with E-state index >= 15 is 0 Å². The third-order valence-corrected chi connectivity index (χ3v) is 5.21. The maximum atomic E-state index is 13.0. The van der Waals surface area contributed by atoms with Gasteiger partial charge in [0.25, 0.3) is 0 Å². The molecule has 0 aromatic heterocycles. The molecule has 1 rings (SSSR count). The standard InChI is InChI=1S/C22H32N4O8/c1-4-11(2)18(22(33)34)26-21(32)16(10-17(28)29)25-20(31)15(24-19(30)12(3)23)9-13-5-7-14(27)8-6-13/h5-8,11-12,15-16,18,27H,4,9-10,23H2,1-3H3,(H,24,30)(H,25,31)(H,26,32)(H,28,29)(H,33,34). The zero-order valence-corrected chi connectivity index (χ0v) is 19.3. The zero-order valence-electron chi connectivity index (χ0n) is 19.3. The first-order valence-corrected chi connectivity index (χ1v) is 10.7. The number of hydrogen-bond donors (Lipinski definition) is 7. The molecule has 0 spiro atoms. The second-order valence-corrected chi connectivity index (χ2v) is 8.09. The predicted molar refractivity (Wildman–Crippen MR) is 121 cm³/mol. The molecule has 0 radical (unpaired) electrons. The number of carboxylic acid groups (broad SMARTS) is 2. The summed E-state index contributed by atoms with van der Waals surface area (Å²) in [6.45, 7) is 4.76. The lowest BCUT2D eigenvalue weighted by Gasteiger charge is -2.26. The Bertz CT molecular complexity index is 887. The first kappa shape index (κ1) is 28.4. The van der Waals surface area contributed by atoms with E-state index in [4.69, 9.17) is 5.73 Å². The summed E-state index contributed by atoms with van der Waals surface area (Å²) in [5, 5.41) is 35.1. The molecular formula is C22H32N4O8. The Labute approximate surface area is 196 Å². The van der Waals surface area contributed by atoms with Crippen molar-refractivity contribution in [2.45, 2.75) is 64.2 Å². The average Bonchev–Trinajstić information content (AvgIpc) is 2.76. The highest BCUT2D eigenvalue weighted by Crippen LogP contribution is 2.12. The van der Waals surface area contributed by atoms with Crippen LogP contribution in [0.1, 0.15) is 39.2 Å². The molecule has 5 unspecified atom stereocenters. The van der Waals surface area contributed by atoms with Crippen molar-refractivity contribution in [3.63, 3.8) is 0 Å². The van der Waals surface area contributed by atoms with E-state index in [1.54, 1.807) is 13.8 Å². The highest BCUT2D eigenvalue weighted by atomic mass is 16.4. The third-order valence-electron chi connectivity index (χ3n) is 5.21. The van der Waals surface area contributed by atoms with Gasteiger partial charge in [0.15, 0.2) is 0 Å². The Morgan fingerprint density at radius 2 is 1.41 bits per heavy atom. The summed E-state index contributed by atoms with van der Waals surface area (Å²) in [6, 6.07) is 0.787. The van der Waals surface area contributed by atoms with Crippen molar-refractivity contribution < 1.29 is 39.3 Å². The quantitative estimate of drug-likeness (QED) is 0.191. The van der Waals surface area contributed by atoms with Crippen LogP contribution < -0.4 is 21.7 Å². The van der Waals surface area contributed by atoms with Crippen LogP contribution in [0.4, 0.5) is 0 Å². The minimum Gasteiger partial charge on any atom is -0.508 e. The molecule has 3 amide bonds. The molecule has 0 fully saturated rings. The van der Waals surface area contributed by atoms with Gasteiger partial charge in [-0.2, -0.15) is 0 Å². The van der Waals surface area contributed by atoms with Gasteiger partial charge in [0.05, 0.1) is 12.5 Å². The van der Waals surface area contributed by atoms with Crippen LogP contribution in [-0.4, -0.2) is 69.1 Å². The molecule has 0 aliphatic carbocycles. The molecule has 34 heavy (non-hydrogen) atoms. The fourth-order valence-corrected chi connectivity index (χ4v) is 2.97. The molecule has 0 aliphatic heterocycles. The van der Waals surface area contributed by atoms with E-state index in [1.807, 2.05) is 0 Å². The number of carboxylic acids is 2. The van der Waals surface area contributed by atoms with Crippen molar-refractivity contribution in [2.24, 2.45) is 11.7 Å². The van der Waals surface area contributed by atoms with E-state index in [0.717, 1.165) is 0 Å². The van der Waals surface area contributed by atoms with Crippen LogP contribution in [0.5, 0.6) is 5.75 Å². The van der Waals surface area contributed by atoms with Crippen LogP contribution in [0, 0.1) is 5.92 Å². The molecule has 12 heteroatoms. The molecule has 1 aromatic rings. The highest BCUT2D eigenvalue weighted by Gasteiger charge is 2.32. The summed E-state index contributed by atoms with van der Waals surface area (Å²) >= 11 is 0. The first-order chi connectivity index (χ1) is 15.8. The van der Waals surface area contributed by atoms with E-state index < -0.39 is 66.2 Å². The van der Waals surface area contributed by atoms with Gasteiger partial charge in [-0.1, -0.05) is 32.4 Å². The van der Waals surface area contributed by atoms with Gasteiger partial charge in [-0.15, -0.1) is 0 Å². The van der Waals surface area contributed by atoms with Crippen molar-refractivity contribution >= 4 is 29.7 Å². The second kappa shape index (κ2) is 13.1. The molecular weight excluding hydrogens is 448 g/mol. The van der Waals surface area contributed by atoms with E-state index in [-0.39, 0.29) is 12.2 Å². The molecule has 188 valence electrons. The second-order valence-electron chi connectivity index (χ2n) is 8.09. The minimum absolute atomic E-state index is 0.00291. The van der Waals surface area contributed by atoms with Gasteiger partial charge in [0.1, 0.15) is 23.9 Å². The Balaban J connectivity index is 3.12. The fourth-order valence-electron chi connectivity index (χ4n) is 2.97. The number of nitrogens with two attached hydrogens (primary N) is 1. The molecule has 0 aliphatic rings. The highest BCUT2D eigenvalue weighted by molar-refractivity contribution is 5.95. The molecule has 1 aromatic carbocycles. The summed E-state index contributed by atoms with van der Waals surface area (Å²) in [5.74, 6) is -5.64. The number of carbonyl (C=O) groups is 5.